The second-order valence-corrected chi connectivity index (χ2v) is 3.33. The van der Waals surface area contributed by atoms with E-state index >= 15 is 0 Å². The van der Waals surface area contributed by atoms with Crippen molar-refractivity contribution in [3.05, 3.63) is 0 Å². The predicted octanol–water partition coefficient (Wildman–Crippen LogP) is 1.06. The van der Waals surface area contributed by atoms with Crippen LogP contribution in [0.15, 0.2) is 0 Å². The molecule has 0 aliphatic carbocycles. The van der Waals surface area contributed by atoms with Gasteiger partial charge in [-0.05, 0) is 0 Å². The number of hydrogen-bond acceptors (Lipinski definition) is 2. The van der Waals surface area contributed by atoms with E-state index in [2.05, 4.69) is 0 Å². The van der Waals surface area contributed by atoms with Gasteiger partial charge in [-0.3, -0.25) is 0 Å². The molecule has 0 heterocycles. The van der Waals surface area contributed by atoms with Gasteiger partial charge in [0.15, 0.2) is 0 Å². The summed E-state index contributed by atoms with van der Waals surface area (Å²) in [7, 11) is -7.01. The average molecular weight is 317 g/mol. The van der Waals surface area contributed by atoms with Crippen LogP contribution in [0.25, 0.3) is 0 Å². The zero-order chi connectivity index (χ0) is 9.50. The summed E-state index contributed by atoms with van der Waals surface area (Å²) in [5.41, 5.74) is -12.5. The molecule has 0 aromatic carbocycles. The van der Waals surface area contributed by atoms with Crippen LogP contribution in [0.1, 0.15) is 0 Å². The molecule has 12 heavy (non-hydrogen) atoms. The smallest absolute Gasteiger partial charge is 0.210 e. The maximum Gasteiger partial charge on any atom is 0.506 e. The van der Waals surface area contributed by atoms with Gasteiger partial charge in [-0.15, -0.1) is 0 Å². The van der Waals surface area contributed by atoms with Gasteiger partial charge in [0, 0.05) is 25.8 Å². The number of halogens is 6. The maximum atomic E-state index is 11.0. The fraction of sp³-hybridized carbons (Fsp3) is 1.00. The molecule has 0 saturated carbocycles. The summed E-state index contributed by atoms with van der Waals surface area (Å²) in [6.45, 7) is 0. The third-order valence-electron chi connectivity index (χ3n) is 0.609. The SMILES string of the molecule is O=S(=O)(C(F)(F)F)C(F)(F)F.[In]. The molecule has 0 aliphatic heterocycles. The van der Waals surface area contributed by atoms with E-state index < -0.39 is 20.9 Å². The number of rotatable bonds is 0. The monoisotopic (exact) mass is 317 g/mol. The minimum atomic E-state index is -7.01. The molecular formula is C2F6InO2S. The summed E-state index contributed by atoms with van der Waals surface area (Å²) >= 11 is 0. The van der Waals surface area contributed by atoms with E-state index in [1.54, 1.807) is 0 Å². The van der Waals surface area contributed by atoms with Crippen LogP contribution in [0, 0.1) is 0 Å². The summed E-state index contributed by atoms with van der Waals surface area (Å²) in [6, 6.07) is 0. The van der Waals surface area contributed by atoms with Crippen LogP contribution in [-0.2, 0) is 9.84 Å². The number of alkyl halides is 6. The first-order valence-electron chi connectivity index (χ1n) is 1.88. The summed E-state index contributed by atoms with van der Waals surface area (Å²) in [4.78, 5) is 0. The number of sulfone groups is 1. The molecular weight excluding hydrogens is 317 g/mol. The van der Waals surface area contributed by atoms with E-state index in [-0.39, 0.29) is 25.8 Å². The van der Waals surface area contributed by atoms with Crippen LogP contribution in [0.2, 0.25) is 0 Å². The van der Waals surface area contributed by atoms with Crippen molar-refractivity contribution in [1.29, 1.82) is 0 Å². The summed E-state index contributed by atoms with van der Waals surface area (Å²) in [5.74, 6) is 0. The molecule has 2 nitrogen and oxygen atoms in total. The van der Waals surface area contributed by atoms with E-state index in [1.807, 2.05) is 0 Å². The Balaban J connectivity index is 0. The fourth-order valence-corrected chi connectivity index (χ4v) is 0.394. The molecule has 0 aromatic rings. The van der Waals surface area contributed by atoms with Crippen molar-refractivity contribution in [2.45, 2.75) is 11.0 Å². The van der Waals surface area contributed by atoms with E-state index in [1.165, 1.54) is 0 Å². The Labute approximate surface area is 81.6 Å². The molecule has 71 valence electrons. The number of hydrogen-bond donors (Lipinski definition) is 0. The van der Waals surface area contributed by atoms with Gasteiger partial charge in [0.1, 0.15) is 0 Å². The van der Waals surface area contributed by atoms with E-state index in [4.69, 9.17) is 0 Å². The van der Waals surface area contributed by atoms with Gasteiger partial charge in [0.2, 0.25) is 0 Å². The zero-order valence-electron chi connectivity index (χ0n) is 5.07. The first kappa shape index (κ1) is 14.9. The van der Waals surface area contributed by atoms with E-state index in [0.29, 0.717) is 0 Å². The molecule has 0 fully saturated rings. The molecule has 0 rings (SSSR count). The second-order valence-electron chi connectivity index (χ2n) is 1.39. The third kappa shape index (κ3) is 2.71. The standard InChI is InChI=1S/C2F6O2S.In/c3-1(4,5)11(9,10)2(6,7)8;. The van der Waals surface area contributed by atoms with Gasteiger partial charge in [0.05, 0.1) is 0 Å². The Morgan fingerprint density at radius 1 is 0.750 bits per heavy atom. The zero-order valence-corrected chi connectivity index (χ0v) is 9.18. The van der Waals surface area contributed by atoms with Crippen molar-refractivity contribution < 1.29 is 34.8 Å². The average Bonchev–Trinajstić information content (AvgIpc) is 1.58. The normalized spacial score (nSPS) is 13.8. The first-order chi connectivity index (χ1) is 4.50. The van der Waals surface area contributed by atoms with Crippen molar-refractivity contribution in [3.63, 3.8) is 0 Å². The molecule has 0 aromatic heterocycles. The van der Waals surface area contributed by atoms with Crippen LogP contribution in [0.3, 0.4) is 0 Å². The largest absolute Gasteiger partial charge is 0.506 e. The van der Waals surface area contributed by atoms with Crippen molar-refractivity contribution in [2.24, 2.45) is 0 Å². The van der Waals surface area contributed by atoms with Crippen LogP contribution >= 0.6 is 0 Å². The minimum absolute atomic E-state index is 0. The molecule has 0 amide bonds. The molecule has 0 spiro atoms. The minimum Gasteiger partial charge on any atom is -0.210 e. The maximum absolute atomic E-state index is 11.0. The van der Waals surface area contributed by atoms with Crippen LogP contribution in [0.4, 0.5) is 26.3 Å². The second kappa shape index (κ2) is 3.64. The fourth-order valence-electron chi connectivity index (χ4n) is 0.131. The molecule has 0 atom stereocenters. The van der Waals surface area contributed by atoms with Crippen LogP contribution in [-0.4, -0.2) is 45.3 Å². The van der Waals surface area contributed by atoms with Gasteiger partial charge >= 0.3 is 20.9 Å². The predicted molar refractivity (Wildman–Crippen MR) is 26.8 cm³/mol. The Morgan fingerprint density at radius 2 is 0.917 bits per heavy atom. The van der Waals surface area contributed by atoms with E-state index in [0.717, 1.165) is 0 Å². The Hall–Kier alpha value is 0.400. The Morgan fingerprint density at radius 3 is 0.917 bits per heavy atom. The third-order valence-corrected chi connectivity index (χ3v) is 1.83. The van der Waals surface area contributed by atoms with Crippen LogP contribution in [0.5, 0.6) is 0 Å². The summed E-state index contributed by atoms with van der Waals surface area (Å²) in [6.07, 6.45) is 0. The van der Waals surface area contributed by atoms with Crippen molar-refractivity contribution in [2.75, 3.05) is 0 Å². The molecule has 10 heteroatoms. The Kier molecular flexibility index (Phi) is 4.52. The summed E-state index contributed by atoms with van der Waals surface area (Å²) < 4.78 is 85.0. The van der Waals surface area contributed by atoms with Crippen molar-refractivity contribution >= 4 is 35.7 Å². The Bertz CT molecular complexity index is 215. The van der Waals surface area contributed by atoms with Gasteiger partial charge in [-0.1, -0.05) is 0 Å². The first-order valence-corrected chi connectivity index (χ1v) is 3.36. The topological polar surface area (TPSA) is 34.1 Å². The van der Waals surface area contributed by atoms with Crippen LogP contribution < -0.4 is 0 Å². The molecule has 0 N–H and O–H groups in total. The van der Waals surface area contributed by atoms with Gasteiger partial charge in [-0.2, -0.15) is 26.3 Å². The van der Waals surface area contributed by atoms with Crippen molar-refractivity contribution in [1.82, 2.24) is 0 Å². The van der Waals surface area contributed by atoms with Gasteiger partial charge in [0.25, 0.3) is 0 Å². The molecule has 3 radical (unpaired) electrons. The van der Waals surface area contributed by atoms with Gasteiger partial charge < -0.3 is 0 Å². The van der Waals surface area contributed by atoms with E-state index in [9.17, 15) is 34.8 Å². The molecule has 0 unspecified atom stereocenters. The molecule has 0 saturated heterocycles. The van der Waals surface area contributed by atoms with Gasteiger partial charge in [-0.25, -0.2) is 8.42 Å². The molecule has 0 bridgehead atoms. The quantitative estimate of drug-likeness (QED) is 0.626. The molecule has 0 aliphatic rings. The summed E-state index contributed by atoms with van der Waals surface area (Å²) in [5, 5.41) is 0. The van der Waals surface area contributed by atoms with Crippen molar-refractivity contribution in [3.8, 4) is 0 Å².